The fourth-order valence-electron chi connectivity index (χ4n) is 2.34. The summed E-state index contributed by atoms with van der Waals surface area (Å²) in [4.78, 5) is 23.4. The number of benzene rings is 2. The molecular formula is C18H20N2O5. The first-order chi connectivity index (χ1) is 12.0. The fourth-order valence-corrected chi connectivity index (χ4v) is 2.34. The quantitative estimate of drug-likeness (QED) is 0.717. The molecule has 0 aliphatic carbocycles. The highest BCUT2D eigenvalue weighted by molar-refractivity contribution is 5.89. The van der Waals surface area contributed by atoms with Crippen LogP contribution in [0.4, 0.5) is 10.5 Å². The first-order valence-corrected chi connectivity index (χ1v) is 7.59. The molecule has 2 amide bonds. The van der Waals surface area contributed by atoms with Gasteiger partial charge in [-0.2, -0.15) is 0 Å². The standard InChI is InChI=1S/C18H20N2O5/c1-24-15-9-8-12(10-16(15)25-2)14(11-17(21)22)20-18(23)19-13-6-4-3-5-7-13/h3-10,14H,11H2,1-2H3,(H,21,22)(H2,19,20,23)/t14-/m1/s1. The minimum absolute atomic E-state index is 0.266. The number of anilines is 1. The van der Waals surface area contributed by atoms with E-state index in [0.29, 0.717) is 22.7 Å². The minimum Gasteiger partial charge on any atom is -0.493 e. The predicted molar refractivity (Wildman–Crippen MR) is 93.1 cm³/mol. The van der Waals surface area contributed by atoms with Crippen LogP contribution in [-0.2, 0) is 4.79 Å². The molecule has 0 heterocycles. The Morgan fingerprint density at radius 3 is 2.32 bits per heavy atom. The van der Waals surface area contributed by atoms with Crippen LogP contribution in [0.1, 0.15) is 18.0 Å². The van der Waals surface area contributed by atoms with Gasteiger partial charge in [0.05, 0.1) is 26.7 Å². The summed E-state index contributed by atoms with van der Waals surface area (Å²) in [6.07, 6.45) is -0.266. The van der Waals surface area contributed by atoms with E-state index in [1.54, 1.807) is 42.5 Å². The predicted octanol–water partition coefficient (Wildman–Crippen LogP) is 3.04. The second-order valence-electron chi connectivity index (χ2n) is 5.23. The van der Waals surface area contributed by atoms with E-state index in [1.165, 1.54) is 14.2 Å². The van der Waals surface area contributed by atoms with Gasteiger partial charge in [-0.25, -0.2) is 4.79 Å². The molecule has 0 saturated heterocycles. The molecule has 0 aromatic heterocycles. The van der Waals surface area contributed by atoms with Crippen molar-refractivity contribution in [2.24, 2.45) is 0 Å². The number of carbonyl (C=O) groups is 2. The van der Waals surface area contributed by atoms with Gasteiger partial charge in [-0.15, -0.1) is 0 Å². The second kappa shape index (κ2) is 8.58. The van der Waals surface area contributed by atoms with Crippen molar-refractivity contribution in [3.05, 3.63) is 54.1 Å². The maximum atomic E-state index is 12.2. The van der Waals surface area contributed by atoms with E-state index >= 15 is 0 Å². The smallest absolute Gasteiger partial charge is 0.319 e. The molecule has 7 heteroatoms. The summed E-state index contributed by atoms with van der Waals surface area (Å²) in [6, 6.07) is 12.7. The molecule has 0 radical (unpaired) electrons. The Morgan fingerprint density at radius 2 is 1.72 bits per heavy atom. The number of ether oxygens (including phenoxy) is 2. The number of amides is 2. The normalized spacial score (nSPS) is 11.3. The number of aliphatic carboxylic acids is 1. The Labute approximate surface area is 145 Å². The monoisotopic (exact) mass is 344 g/mol. The Bertz CT molecular complexity index is 734. The van der Waals surface area contributed by atoms with Crippen LogP contribution in [0, 0.1) is 0 Å². The summed E-state index contributed by atoms with van der Waals surface area (Å²) in [5, 5.41) is 14.5. The Kier molecular flexibility index (Phi) is 6.22. The molecule has 2 aromatic rings. The zero-order valence-electron chi connectivity index (χ0n) is 14.0. The van der Waals surface area contributed by atoms with Gasteiger partial charge in [0.25, 0.3) is 0 Å². The van der Waals surface area contributed by atoms with Gasteiger partial charge in [-0.1, -0.05) is 24.3 Å². The highest BCUT2D eigenvalue weighted by atomic mass is 16.5. The summed E-state index contributed by atoms with van der Waals surface area (Å²) in [5.74, 6) is -0.0467. The number of methoxy groups -OCH3 is 2. The molecule has 1 atom stereocenters. The van der Waals surface area contributed by atoms with Crippen LogP contribution in [0.25, 0.3) is 0 Å². The summed E-state index contributed by atoms with van der Waals surface area (Å²) in [7, 11) is 3.00. The fraction of sp³-hybridized carbons (Fsp3) is 0.222. The molecule has 2 aromatic carbocycles. The summed E-state index contributed by atoms with van der Waals surface area (Å²) in [5.41, 5.74) is 1.21. The van der Waals surface area contributed by atoms with Gasteiger partial charge < -0.3 is 25.2 Å². The van der Waals surface area contributed by atoms with E-state index in [0.717, 1.165) is 0 Å². The lowest BCUT2D eigenvalue weighted by atomic mass is 10.0. The minimum atomic E-state index is -1.03. The molecule has 3 N–H and O–H groups in total. The number of carbonyl (C=O) groups excluding carboxylic acids is 1. The van der Waals surface area contributed by atoms with Gasteiger partial charge >= 0.3 is 12.0 Å². The number of nitrogens with one attached hydrogen (secondary N) is 2. The average Bonchev–Trinajstić information content (AvgIpc) is 2.61. The number of hydrogen-bond acceptors (Lipinski definition) is 4. The number of carboxylic acids is 1. The third-order valence-electron chi connectivity index (χ3n) is 3.53. The van der Waals surface area contributed by atoms with Crippen LogP contribution in [0.15, 0.2) is 48.5 Å². The summed E-state index contributed by atoms with van der Waals surface area (Å²) in [6.45, 7) is 0. The van der Waals surface area contributed by atoms with Gasteiger partial charge in [0, 0.05) is 5.69 Å². The van der Waals surface area contributed by atoms with Crippen LogP contribution in [0.3, 0.4) is 0 Å². The van der Waals surface area contributed by atoms with Crippen molar-refractivity contribution in [3.63, 3.8) is 0 Å². The molecule has 0 unspecified atom stereocenters. The Morgan fingerprint density at radius 1 is 1.04 bits per heavy atom. The number of para-hydroxylation sites is 1. The number of rotatable bonds is 7. The van der Waals surface area contributed by atoms with E-state index in [4.69, 9.17) is 14.6 Å². The van der Waals surface area contributed by atoms with Crippen molar-refractivity contribution < 1.29 is 24.2 Å². The van der Waals surface area contributed by atoms with Gasteiger partial charge in [0.1, 0.15) is 0 Å². The summed E-state index contributed by atoms with van der Waals surface area (Å²) >= 11 is 0. The van der Waals surface area contributed by atoms with E-state index in [9.17, 15) is 9.59 Å². The molecule has 25 heavy (non-hydrogen) atoms. The highest BCUT2D eigenvalue weighted by Gasteiger charge is 2.20. The van der Waals surface area contributed by atoms with Crippen LogP contribution in [-0.4, -0.2) is 31.3 Å². The lowest BCUT2D eigenvalue weighted by Gasteiger charge is -2.19. The molecule has 0 fully saturated rings. The first-order valence-electron chi connectivity index (χ1n) is 7.59. The molecule has 0 saturated carbocycles. The van der Waals surface area contributed by atoms with E-state index in [1.807, 2.05) is 6.07 Å². The number of hydrogen-bond donors (Lipinski definition) is 3. The Hall–Kier alpha value is -3.22. The maximum absolute atomic E-state index is 12.2. The molecule has 7 nitrogen and oxygen atoms in total. The van der Waals surface area contributed by atoms with Gasteiger partial charge in [0.15, 0.2) is 11.5 Å². The topological polar surface area (TPSA) is 96.9 Å². The Balaban J connectivity index is 2.18. The zero-order valence-corrected chi connectivity index (χ0v) is 14.0. The first kappa shape index (κ1) is 18.1. The van der Waals surface area contributed by atoms with E-state index in [-0.39, 0.29) is 6.42 Å². The molecule has 0 aliphatic rings. The molecule has 0 bridgehead atoms. The van der Waals surface area contributed by atoms with Crippen LogP contribution in [0.2, 0.25) is 0 Å². The second-order valence-corrected chi connectivity index (χ2v) is 5.23. The van der Waals surface area contributed by atoms with Crippen LogP contribution >= 0.6 is 0 Å². The van der Waals surface area contributed by atoms with Crippen molar-refractivity contribution in [2.75, 3.05) is 19.5 Å². The van der Waals surface area contributed by atoms with E-state index < -0.39 is 18.0 Å². The molecule has 2 rings (SSSR count). The molecule has 132 valence electrons. The van der Waals surface area contributed by atoms with Crippen molar-refractivity contribution in [1.82, 2.24) is 5.32 Å². The maximum Gasteiger partial charge on any atom is 0.319 e. The number of carboxylic acid groups (broad SMARTS) is 1. The zero-order chi connectivity index (χ0) is 18.2. The van der Waals surface area contributed by atoms with Crippen molar-refractivity contribution in [2.45, 2.75) is 12.5 Å². The third kappa shape index (κ3) is 5.13. The van der Waals surface area contributed by atoms with E-state index in [2.05, 4.69) is 10.6 Å². The van der Waals surface area contributed by atoms with Crippen LogP contribution in [0.5, 0.6) is 11.5 Å². The van der Waals surface area contributed by atoms with Gasteiger partial charge in [0.2, 0.25) is 0 Å². The molecule has 0 spiro atoms. The van der Waals surface area contributed by atoms with Gasteiger partial charge in [-0.05, 0) is 29.8 Å². The van der Waals surface area contributed by atoms with Crippen molar-refractivity contribution >= 4 is 17.7 Å². The lowest BCUT2D eigenvalue weighted by molar-refractivity contribution is -0.137. The van der Waals surface area contributed by atoms with Crippen LogP contribution < -0.4 is 20.1 Å². The largest absolute Gasteiger partial charge is 0.493 e. The summed E-state index contributed by atoms with van der Waals surface area (Å²) < 4.78 is 10.4. The van der Waals surface area contributed by atoms with Crippen molar-refractivity contribution in [1.29, 1.82) is 0 Å². The lowest BCUT2D eigenvalue weighted by Crippen LogP contribution is -2.33. The third-order valence-corrected chi connectivity index (χ3v) is 3.53. The number of urea groups is 1. The highest BCUT2D eigenvalue weighted by Crippen LogP contribution is 2.31. The van der Waals surface area contributed by atoms with Crippen molar-refractivity contribution in [3.8, 4) is 11.5 Å². The molecule has 0 aliphatic heterocycles. The van der Waals surface area contributed by atoms with Gasteiger partial charge in [-0.3, -0.25) is 4.79 Å². The average molecular weight is 344 g/mol. The molecular weight excluding hydrogens is 324 g/mol. The SMILES string of the molecule is COc1ccc([C@@H](CC(=O)O)NC(=O)Nc2ccccc2)cc1OC.